The molecule has 1 aliphatic carbocycles. The molecular weight excluding hydrogens is 144 g/mol. The van der Waals surface area contributed by atoms with E-state index >= 15 is 0 Å². The van der Waals surface area contributed by atoms with Crippen LogP contribution in [0.3, 0.4) is 0 Å². The Morgan fingerprint density at radius 3 is 1.55 bits per heavy atom. The van der Waals surface area contributed by atoms with Gasteiger partial charge in [-0.3, -0.25) is 9.59 Å². The molecule has 0 aromatic heterocycles. The molecule has 1 rings (SSSR count). The molecule has 0 heterocycles. The van der Waals surface area contributed by atoms with Gasteiger partial charge in [-0.25, -0.2) is 0 Å². The van der Waals surface area contributed by atoms with Crippen LogP contribution < -0.4 is 11.5 Å². The first-order valence-electron chi connectivity index (χ1n) is 3.70. The number of primary amides is 2. The highest BCUT2D eigenvalue weighted by Gasteiger charge is 2.31. The van der Waals surface area contributed by atoms with Crippen molar-refractivity contribution in [2.75, 3.05) is 0 Å². The van der Waals surface area contributed by atoms with Gasteiger partial charge in [0.15, 0.2) is 0 Å². The molecule has 0 radical (unpaired) electrons. The lowest BCUT2D eigenvalue weighted by atomic mass is 10.0. The molecule has 11 heavy (non-hydrogen) atoms. The molecule has 4 heteroatoms. The minimum Gasteiger partial charge on any atom is -0.369 e. The van der Waals surface area contributed by atoms with E-state index in [1.165, 1.54) is 0 Å². The van der Waals surface area contributed by atoms with E-state index in [9.17, 15) is 9.59 Å². The topological polar surface area (TPSA) is 86.2 Å². The summed E-state index contributed by atoms with van der Waals surface area (Å²) in [6.45, 7) is 0. The fourth-order valence-corrected chi connectivity index (χ4v) is 1.50. The van der Waals surface area contributed by atoms with Crippen LogP contribution in [0.15, 0.2) is 0 Å². The van der Waals surface area contributed by atoms with Crippen molar-refractivity contribution in [1.29, 1.82) is 0 Å². The molecule has 0 aliphatic heterocycles. The van der Waals surface area contributed by atoms with Crippen molar-refractivity contribution in [2.24, 2.45) is 23.3 Å². The monoisotopic (exact) mass is 156 g/mol. The number of carbonyl (C=O) groups is 2. The van der Waals surface area contributed by atoms with Crippen molar-refractivity contribution in [2.45, 2.75) is 19.3 Å². The first kappa shape index (κ1) is 8.04. The van der Waals surface area contributed by atoms with Crippen LogP contribution >= 0.6 is 0 Å². The van der Waals surface area contributed by atoms with Gasteiger partial charge in [0.05, 0.1) is 0 Å². The quantitative estimate of drug-likeness (QED) is 0.557. The van der Waals surface area contributed by atoms with Crippen molar-refractivity contribution < 1.29 is 9.59 Å². The Morgan fingerprint density at radius 1 is 1.00 bits per heavy atom. The molecule has 62 valence electrons. The minimum atomic E-state index is -0.311. The zero-order chi connectivity index (χ0) is 8.43. The van der Waals surface area contributed by atoms with Crippen LogP contribution in [0.2, 0.25) is 0 Å². The summed E-state index contributed by atoms with van der Waals surface area (Å²) < 4.78 is 0. The van der Waals surface area contributed by atoms with E-state index < -0.39 is 0 Å². The SMILES string of the molecule is NC(=O)C1CCC(C(N)=O)C1. The average molecular weight is 156 g/mol. The molecule has 4 nitrogen and oxygen atoms in total. The van der Waals surface area contributed by atoms with Crippen LogP contribution in [-0.4, -0.2) is 11.8 Å². The predicted octanol–water partition coefficient (Wildman–Crippen LogP) is -0.627. The van der Waals surface area contributed by atoms with E-state index in [0.717, 1.165) is 0 Å². The molecule has 2 amide bonds. The van der Waals surface area contributed by atoms with E-state index in [1.807, 2.05) is 0 Å². The van der Waals surface area contributed by atoms with Gasteiger partial charge in [0.25, 0.3) is 0 Å². The van der Waals surface area contributed by atoms with Gasteiger partial charge in [-0.2, -0.15) is 0 Å². The second-order valence-electron chi connectivity index (χ2n) is 3.01. The fraction of sp³-hybridized carbons (Fsp3) is 0.714. The Balaban J connectivity index is 2.47. The van der Waals surface area contributed by atoms with Crippen LogP contribution in [0.1, 0.15) is 19.3 Å². The maximum atomic E-state index is 10.6. The van der Waals surface area contributed by atoms with E-state index in [1.54, 1.807) is 0 Å². The van der Waals surface area contributed by atoms with E-state index in [2.05, 4.69) is 0 Å². The number of nitrogens with two attached hydrogens (primary N) is 2. The van der Waals surface area contributed by atoms with Gasteiger partial charge in [-0.05, 0) is 19.3 Å². The van der Waals surface area contributed by atoms with Gasteiger partial charge >= 0.3 is 0 Å². The molecule has 4 N–H and O–H groups in total. The van der Waals surface area contributed by atoms with Crippen LogP contribution in [0, 0.1) is 11.8 Å². The third kappa shape index (κ3) is 1.69. The van der Waals surface area contributed by atoms with Crippen LogP contribution in [0.25, 0.3) is 0 Å². The molecule has 0 aromatic carbocycles. The van der Waals surface area contributed by atoms with Gasteiger partial charge in [0.1, 0.15) is 0 Å². The average Bonchev–Trinajstić information content (AvgIpc) is 2.33. The smallest absolute Gasteiger partial charge is 0.220 e. The summed E-state index contributed by atoms with van der Waals surface area (Å²) in [7, 11) is 0. The zero-order valence-corrected chi connectivity index (χ0v) is 6.25. The van der Waals surface area contributed by atoms with Crippen molar-refractivity contribution in [3.63, 3.8) is 0 Å². The highest BCUT2D eigenvalue weighted by molar-refractivity contribution is 5.81. The molecule has 1 aliphatic rings. The van der Waals surface area contributed by atoms with Crippen LogP contribution in [0.4, 0.5) is 0 Å². The first-order valence-corrected chi connectivity index (χ1v) is 3.70. The normalized spacial score (nSPS) is 30.2. The van der Waals surface area contributed by atoms with Crippen molar-refractivity contribution in [3.05, 3.63) is 0 Å². The first-order chi connectivity index (χ1) is 5.11. The zero-order valence-electron chi connectivity index (χ0n) is 6.25. The van der Waals surface area contributed by atoms with Crippen molar-refractivity contribution >= 4 is 11.8 Å². The summed E-state index contributed by atoms with van der Waals surface area (Å²) in [4.78, 5) is 21.3. The van der Waals surface area contributed by atoms with E-state index in [0.29, 0.717) is 19.3 Å². The van der Waals surface area contributed by atoms with Crippen molar-refractivity contribution in [1.82, 2.24) is 0 Å². The van der Waals surface area contributed by atoms with Crippen LogP contribution in [0.5, 0.6) is 0 Å². The number of carbonyl (C=O) groups excluding carboxylic acids is 2. The Bertz CT molecular complexity index is 171. The van der Waals surface area contributed by atoms with Gasteiger partial charge in [0, 0.05) is 11.8 Å². The number of hydrogen-bond acceptors (Lipinski definition) is 2. The highest BCUT2D eigenvalue weighted by atomic mass is 16.1. The Kier molecular flexibility index (Phi) is 2.12. The molecule has 1 fully saturated rings. The lowest BCUT2D eigenvalue weighted by molar-refractivity contribution is -0.122. The van der Waals surface area contributed by atoms with Gasteiger partial charge < -0.3 is 11.5 Å². The van der Waals surface area contributed by atoms with Gasteiger partial charge in [-0.15, -0.1) is 0 Å². The number of amides is 2. The summed E-state index contributed by atoms with van der Waals surface area (Å²) in [6.07, 6.45) is 1.97. The van der Waals surface area contributed by atoms with Crippen LogP contribution in [-0.2, 0) is 9.59 Å². The summed E-state index contributed by atoms with van der Waals surface area (Å²) >= 11 is 0. The summed E-state index contributed by atoms with van der Waals surface area (Å²) in [6, 6.07) is 0. The standard InChI is InChI=1S/C7H12N2O2/c8-6(10)4-1-2-5(3-4)7(9)11/h4-5H,1-3H2,(H2,8,10)(H2,9,11). The Labute approximate surface area is 64.9 Å². The third-order valence-corrected chi connectivity index (χ3v) is 2.24. The second-order valence-corrected chi connectivity index (χ2v) is 3.01. The molecule has 1 saturated carbocycles. The lowest BCUT2D eigenvalue weighted by Crippen LogP contribution is -2.24. The van der Waals surface area contributed by atoms with Crippen molar-refractivity contribution in [3.8, 4) is 0 Å². The maximum absolute atomic E-state index is 10.6. The third-order valence-electron chi connectivity index (χ3n) is 2.24. The largest absolute Gasteiger partial charge is 0.369 e. The fourth-order valence-electron chi connectivity index (χ4n) is 1.50. The molecule has 0 aromatic rings. The minimum absolute atomic E-state index is 0.132. The lowest BCUT2D eigenvalue weighted by Gasteiger charge is -2.03. The molecule has 2 unspecified atom stereocenters. The summed E-state index contributed by atoms with van der Waals surface area (Å²) in [5.41, 5.74) is 10.1. The van der Waals surface area contributed by atoms with E-state index in [-0.39, 0.29) is 23.7 Å². The van der Waals surface area contributed by atoms with Gasteiger partial charge in [0.2, 0.25) is 11.8 Å². The molecular formula is C7H12N2O2. The maximum Gasteiger partial charge on any atom is 0.220 e. The Hall–Kier alpha value is -1.06. The predicted molar refractivity (Wildman–Crippen MR) is 39.2 cm³/mol. The molecule has 0 bridgehead atoms. The second kappa shape index (κ2) is 2.90. The van der Waals surface area contributed by atoms with Gasteiger partial charge in [-0.1, -0.05) is 0 Å². The molecule has 0 spiro atoms. The number of rotatable bonds is 2. The summed E-state index contributed by atoms with van der Waals surface area (Å²) in [5, 5.41) is 0. The summed E-state index contributed by atoms with van der Waals surface area (Å²) in [5.74, 6) is -0.887. The number of hydrogen-bond donors (Lipinski definition) is 2. The van der Waals surface area contributed by atoms with E-state index in [4.69, 9.17) is 11.5 Å². The Morgan fingerprint density at radius 2 is 1.36 bits per heavy atom. The molecule has 2 atom stereocenters. The molecule has 0 saturated heterocycles. The highest BCUT2D eigenvalue weighted by Crippen LogP contribution is 2.29.